The summed E-state index contributed by atoms with van der Waals surface area (Å²) < 4.78 is 13.6. The summed E-state index contributed by atoms with van der Waals surface area (Å²) in [5, 5.41) is 2.67. The van der Waals surface area contributed by atoms with Crippen LogP contribution in [-0.4, -0.2) is 92.5 Å². The lowest BCUT2D eigenvalue weighted by atomic mass is 9.95. The summed E-state index contributed by atoms with van der Waals surface area (Å²) in [4.78, 5) is 66.7. The lowest BCUT2D eigenvalue weighted by Crippen LogP contribution is -2.52. The number of rotatable bonds is 9. The number of nitrogens with zero attached hydrogens (tertiary/aromatic N) is 7. The van der Waals surface area contributed by atoms with E-state index in [0.717, 1.165) is 45.3 Å². The predicted molar refractivity (Wildman–Crippen MR) is 199 cm³/mol. The van der Waals surface area contributed by atoms with Crippen molar-refractivity contribution >= 4 is 30.2 Å². The zero-order valence-corrected chi connectivity index (χ0v) is 31.0. The van der Waals surface area contributed by atoms with Gasteiger partial charge >= 0.3 is 12.2 Å². The Kier molecular flexibility index (Phi) is 11.1. The predicted octanol–water partition coefficient (Wildman–Crippen LogP) is 5.26. The molecule has 0 fully saturated rings. The standard InChI is InChI=1S/C39H46N8O6/c1-24(2)30(19-42-38(50)52-5)36(48)44-15-17-46-31(20-40-33(46)22-44)28-11-7-26(8-12-28)27-9-13-29(14-10-27)32-21-41-34-23-45(16-18-47(32)34)37(49)35(25(3)4)43-39(51)53-6/h7-14,19-21,24-25,30,35H,15-18,22-23H2,1-6H3,(H,43,51)/b42-19+. The number of fused-ring (bicyclic) bond motifs is 2. The van der Waals surface area contributed by atoms with Crippen molar-refractivity contribution in [2.45, 2.75) is 59.9 Å². The average molecular weight is 723 g/mol. The third-order valence-electron chi connectivity index (χ3n) is 9.96. The third-order valence-corrected chi connectivity index (χ3v) is 9.96. The molecule has 4 amide bonds. The normalized spacial score (nSPS) is 15.2. The molecule has 0 saturated heterocycles. The fourth-order valence-electron chi connectivity index (χ4n) is 6.85. The Morgan fingerprint density at radius 1 is 0.679 bits per heavy atom. The molecule has 0 saturated carbocycles. The highest BCUT2D eigenvalue weighted by molar-refractivity contribution is 5.96. The molecule has 0 spiro atoms. The van der Waals surface area contributed by atoms with E-state index < -0.39 is 24.1 Å². The molecule has 53 heavy (non-hydrogen) atoms. The fraction of sp³-hybridized carbons (Fsp3) is 0.410. The van der Waals surface area contributed by atoms with Crippen molar-refractivity contribution in [2.75, 3.05) is 27.3 Å². The number of amides is 4. The minimum absolute atomic E-state index is 0.0351. The second-order valence-corrected chi connectivity index (χ2v) is 14.0. The maximum absolute atomic E-state index is 13.4. The molecule has 2 atom stereocenters. The van der Waals surface area contributed by atoms with Crippen molar-refractivity contribution in [3.8, 4) is 33.6 Å². The number of aliphatic imine (C=N–C) groups is 1. The van der Waals surface area contributed by atoms with Gasteiger partial charge in [-0.15, -0.1) is 0 Å². The van der Waals surface area contributed by atoms with Crippen molar-refractivity contribution in [3.63, 3.8) is 0 Å². The Balaban J connectivity index is 1.10. The monoisotopic (exact) mass is 722 g/mol. The zero-order valence-electron chi connectivity index (χ0n) is 31.0. The van der Waals surface area contributed by atoms with Gasteiger partial charge in [0.05, 0.1) is 57.0 Å². The minimum atomic E-state index is -0.726. The van der Waals surface area contributed by atoms with Crippen molar-refractivity contribution in [1.82, 2.24) is 34.2 Å². The highest BCUT2D eigenvalue weighted by Gasteiger charge is 2.33. The molecule has 4 heterocycles. The number of hydrogen-bond acceptors (Lipinski definition) is 8. The lowest BCUT2D eigenvalue weighted by Gasteiger charge is -2.32. The molecular formula is C39H46N8O6. The fourth-order valence-corrected chi connectivity index (χ4v) is 6.85. The number of hydrogen-bond donors (Lipinski definition) is 1. The van der Waals surface area contributed by atoms with Gasteiger partial charge in [-0.3, -0.25) is 9.59 Å². The topological polar surface area (TPSA) is 153 Å². The summed E-state index contributed by atoms with van der Waals surface area (Å²) in [6, 6.07) is 16.1. The van der Waals surface area contributed by atoms with E-state index in [9.17, 15) is 19.2 Å². The van der Waals surface area contributed by atoms with Crippen LogP contribution in [0.25, 0.3) is 33.6 Å². The summed E-state index contributed by atoms with van der Waals surface area (Å²) in [5.74, 6) is 0.705. The summed E-state index contributed by atoms with van der Waals surface area (Å²) in [5.41, 5.74) is 6.20. The van der Waals surface area contributed by atoms with Crippen molar-refractivity contribution in [1.29, 1.82) is 0 Å². The van der Waals surface area contributed by atoms with Crippen molar-refractivity contribution in [3.05, 3.63) is 72.6 Å². The number of methoxy groups -OCH3 is 2. The zero-order chi connectivity index (χ0) is 37.8. The number of nitrogens with one attached hydrogen (secondary N) is 1. The van der Waals surface area contributed by atoms with Gasteiger partial charge < -0.3 is 33.7 Å². The lowest BCUT2D eigenvalue weighted by molar-refractivity contribution is -0.136. The Hall–Kier alpha value is -5.79. The van der Waals surface area contributed by atoms with Gasteiger partial charge in [-0.1, -0.05) is 76.2 Å². The van der Waals surface area contributed by atoms with Gasteiger partial charge in [-0.05, 0) is 34.1 Å². The van der Waals surface area contributed by atoms with Gasteiger partial charge in [0.1, 0.15) is 17.7 Å². The number of ether oxygens (including phenoxy) is 2. The Morgan fingerprint density at radius 2 is 1.15 bits per heavy atom. The van der Waals surface area contributed by atoms with E-state index in [1.54, 1.807) is 9.80 Å². The molecule has 4 aromatic rings. The average Bonchev–Trinajstić information content (AvgIpc) is 3.80. The molecule has 2 aromatic carbocycles. The number of alkyl carbamates (subject to hydrolysis) is 1. The SMILES string of the molecule is COC(=O)/N=C/C(C(=O)N1CCn2c(-c3ccc(-c4ccc(-c5cnc6n5CCN(C(=O)C(NC(=O)OC)C(C)C)C6)cc4)cc3)cnc2C1)C(C)C. The second kappa shape index (κ2) is 15.8. The van der Waals surface area contributed by atoms with E-state index >= 15 is 0 Å². The molecule has 14 nitrogen and oxygen atoms in total. The van der Waals surface area contributed by atoms with E-state index in [-0.39, 0.29) is 23.7 Å². The smallest absolute Gasteiger partial charge is 0.432 e. The number of imidazole rings is 2. The molecular weight excluding hydrogens is 676 g/mol. The number of aromatic nitrogens is 4. The molecule has 2 aliphatic rings. The van der Waals surface area contributed by atoms with Gasteiger partial charge in [-0.25, -0.2) is 19.6 Å². The van der Waals surface area contributed by atoms with Crippen LogP contribution in [0.3, 0.4) is 0 Å². The highest BCUT2D eigenvalue weighted by Crippen LogP contribution is 2.31. The maximum atomic E-state index is 13.4. The summed E-state index contributed by atoms with van der Waals surface area (Å²) in [6.45, 7) is 10.6. The first-order valence-electron chi connectivity index (χ1n) is 17.8. The van der Waals surface area contributed by atoms with Crippen LogP contribution in [0.4, 0.5) is 9.59 Å². The molecule has 14 heteroatoms. The molecule has 0 bridgehead atoms. The third kappa shape index (κ3) is 7.86. The van der Waals surface area contributed by atoms with Gasteiger partial charge in [0, 0.05) is 32.4 Å². The molecule has 2 aromatic heterocycles. The largest absolute Gasteiger partial charge is 0.453 e. The van der Waals surface area contributed by atoms with Crippen LogP contribution in [0.15, 0.2) is 65.9 Å². The van der Waals surface area contributed by atoms with Gasteiger partial charge in [0.15, 0.2) is 0 Å². The van der Waals surface area contributed by atoms with E-state index in [4.69, 9.17) is 4.74 Å². The number of carbonyl (C=O) groups is 4. The molecule has 0 aliphatic carbocycles. The van der Waals surface area contributed by atoms with Crippen molar-refractivity contribution < 1.29 is 28.7 Å². The molecule has 2 unspecified atom stereocenters. The molecule has 0 radical (unpaired) electrons. The first kappa shape index (κ1) is 37.0. The van der Waals surface area contributed by atoms with Crippen LogP contribution < -0.4 is 5.32 Å². The van der Waals surface area contributed by atoms with Crippen LogP contribution in [0, 0.1) is 17.8 Å². The Morgan fingerprint density at radius 3 is 1.58 bits per heavy atom. The van der Waals surface area contributed by atoms with Gasteiger partial charge in [-0.2, -0.15) is 4.99 Å². The number of carbonyl (C=O) groups excluding carboxylic acids is 4. The first-order chi connectivity index (χ1) is 25.5. The van der Waals surface area contributed by atoms with Crippen molar-refractivity contribution in [2.24, 2.45) is 22.7 Å². The van der Waals surface area contributed by atoms with Crippen LogP contribution >= 0.6 is 0 Å². The summed E-state index contributed by atoms with van der Waals surface area (Å²) in [6.07, 6.45) is 3.75. The first-order valence-corrected chi connectivity index (χ1v) is 17.8. The molecule has 278 valence electrons. The van der Waals surface area contributed by atoms with E-state index in [0.29, 0.717) is 39.3 Å². The number of benzene rings is 2. The molecule has 6 rings (SSSR count). The van der Waals surface area contributed by atoms with Crippen LogP contribution in [0.2, 0.25) is 0 Å². The summed E-state index contributed by atoms with van der Waals surface area (Å²) in [7, 11) is 2.54. The maximum Gasteiger partial charge on any atom is 0.432 e. The second-order valence-electron chi connectivity index (χ2n) is 14.0. The van der Waals surface area contributed by atoms with E-state index in [1.807, 2.05) is 40.1 Å². The van der Waals surface area contributed by atoms with E-state index in [1.165, 1.54) is 20.4 Å². The quantitative estimate of drug-likeness (QED) is 0.230. The molecule has 1 N–H and O–H groups in total. The molecule has 2 aliphatic heterocycles. The van der Waals surface area contributed by atoms with Crippen LogP contribution in [-0.2, 0) is 45.2 Å². The highest BCUT2D eigenvalue weighted by atomic mass is 16.5. The minimum Gasteiger partial charge on any atom is -0.453 e. The van der Waals surface area contributed by atoms with E-state index in [2.05, 4.69) is 82.7 Å². The van der Waals surface area contributed by atoms with Gasteiger partial charge in [0.2, 0.25) is 11.8 Å². The van der Waals surface area contributed by atoms with Crippen LogP contribution in [0.1, 0.15) is 39.3 Å². The van der Waals surface area contributed by atoms with Crippen LogP contribution in [0.5, 0.6) is 0 Å². The van der Waals surface area contributed by atoms with Gasteiger partial charge in [0.25, 0.3) is 0 Å². The Bertz CT molecular complexity index is 2000. The Labute approximate surface area is 308 Å². The summed E-state index contributed by atoms with van der Waals surface area (Å²) >= 11 is 0.